The summed E-state index contributed by atoms with van der Waals surface area (Å²) < 4.78 is 21.1. The quantitative estimate of drug-likeness (QED) is 0.679. The lowest BCUT2D eigenvalue weighted by atomic mass is 10.1. The van der Waals surface area contributed by atoms with Crippen LogP contribution in [-0.4, -0.2) is 40.8 Å². The highest BCUT2D eigenvalue weighted by Crippen LogP contribution is 2.26. The smallest absolute Gasteiger partial charge is 0.272 e. The molecule has 1 amide bonds. The maximum Gasteiger partial charge on any atom is 0.272 e. The van der Waals surface area contributed by atoms with Crippen molar-refractivity contribution in [2.45, 2.75) is 19.3 Å². The summed E-state index contributed by atoms with van der Waals surface area (Å²) in [4.78, 5) is 15.0. The molecular weight excluding hydrogens is 357 g/mol. The SMILES string of the molecule is COc1ccc(-n2nc(-c3ccccc3F)cc2C(=O)N2CCCCC2)cc1. The molecule has 0 aliphatic carbocycles. The van der Waals surface area contributed by atoms with E-state index >= 15 is 0 Å². The molecule has 0 unspecified atom stereocenters. The normalized spacial score (nSPS) is 14.1. The van der Waals surface area contributed by atoms with Gasteiger partial charge in [0.1, 0.15) is 17.3 Å². The Morgan fingerprint density at radius 1 is 1.04 bits per heavy atom. The number of hydrogen-bond acceptors (Lipinski definition) is 3. The van der Waals surface area contributed by atoms with E-state index in [9.17, 15) is 9.18 Å². The molecular formula is C22H22FN3O2. The van der Waals surface area contributed by atoms with E-state index in [4.69, 9.17) is 4.74 Å². The third-order valence-electron chi connectivity index (χ3n) is 5.04. The van der Waals surface area contributed by atoms with E-state index in [1.165, 1.54) is 6.07 Å². The lowest BCUT2D eigenvalue weighted by Gasteiger charge is -2.26. The molecule has 2 aromatic carbocycles. The Morgan fingerprint density at radius 2 is 1.75 bits per heavy atom. The molecule has 0 bridgehead atoms. The van der Waals surface area contributed by atoms with Crippen molar-refractivity contribution in [2.24, 2.45) is 0 Å². The second-order valence-electron chi connectivity index (χ2n) is 6.86. The highest BCUT2D eigenvalue weighted by Gasteiger charge is 2.24. The molecule has 1 aromatic heterocycles. The molecule has 0 radical (unpaired) electrons. The molecule has 144 valence electrons. The zero-order chi connectivity index (χ0) is 19.5. The van der Waals surface area contributed by atoms with E-state index in [2.05, 4.69) is 5.10 Å². The highest BCUT2D eigenvalue weighted by atomic mass is 19.1. The molecule has 0 saturated carbocycles. The molecule has 3 aromatic rings. The number of nitrogens with zero attached hydrogens (tertiary/aromatic N) is 3. The second kappa shape index (κ2) is 7.84. The van der Waals surface area contributed by atoms with E-state index < -0.39 is 0 Å². The molecule has 1 saturated heterocycles. The van der Waals surface area contributed by atoms with Crippen molar-refractivity contribution in [2.75, 3.05) is 20.2 Å². The van der Waals surface area contributed by atoms with E-state index in [-0.39, 0.29) is 11.7 Å². The third-order valence-corrected chi connectivity index (χ3v) is 5.04. The minimum atomic E-state index is -0.362. The number of carbonyl (C=O) groups is 1. The van der Waals surface area contributed by atoms with Crippen molar-refractivity contribution in [1.29, 1.82) is 0 Å². The largest absolute Gasteiger partial charge is 0.497 e. The second-order valence-corrected chi connectivity index (χ2v) is 6.86. The van der Waals surface area contributed by atoms with Gasteiger partial charge in [-0.1, -0.05) is 12.1 Å². The number of benzene rings is 2. The maximum atomic E-state index is 14.3. The van der Waals surface area contributed by atoms with E-state index in [0.29, 0.717) is 22.7 Å². The van der Waals surface area contributed by atoms with Crippen LogP contribution in [0.3, 0.4) is 0 Å². The number of halogens is 1. The number of amides is 1. The Balaban J connectivity index is 1.79. The third kappa shape index (κ3) is 3.50. The number of methoxy groups -OCH3 is 1. The molecule has 2 heterocycles. The molecule has 1 aliphatic heterocycles. The van der Waals surface area contributed by atoms with Gasteiger partial charge in [-0.25, -0.2) is 9.07 Å². The van der Waals surface area contributed by atoms with Crippen molar-refractivity contribution in [1.82, 2.24) is 14.7 Å². The van der Waals surface area contributed by atoms with Crippen LogP contribution < -0.4 is 4.74 Å². The van der Waals surface area contributed by atoms with Gasteiger partial charge in [0, 0.05) is 18.7 Å². The minimum Gasteiger partial charge on any atom is -0.497 e. The van der Waals surface area contributed by atoms with E-state index in [0.717, 1.165) is 38.0 Å². The van der Waals surface area contributed by atoms with Gasteiger partial charge in [0.15, 0.2) is 0 Å². The summed E-state index contributed by atoms with van der Waals surface area (Å²) in [6, 6.07) is 15.5. The zero-order valence-electron chi connectivity index (χ0n) is 15.8. The van der Waals surface area contributed by atoms with Crippen molar-refractivity contribution in [3.8, 4) is 22.7 Å². The summed E-state index contributed by atoms with van der Waals surface area (Å²) in [5.74, 6) is 0.276. The zero-order valence-corrected chi connectivity index (χ0v) is 15.8. The Morgan fingerprint density at radius 3 is 2.43 bits per heavy atom. The predicted octanol–water partition coefficient (Wildman–Crippen LogP) is 4.31. The molecule has 1 aliphatic rings. The Hall–Kier alpha value is -3.15. The van der Waals surface area contributed by atoms with E-state index in [1.807, 2.05) is 29.2 Å². The number of carbonyl (C=O) groups excluding carboxylic acids is 1. The molecule has 0 N–H and O–H groups in total. The fraction of sp³-hybridized carbons (Fsp3) is 0.273. The summed E-state index contributed by atoms with van der Waals surface area (Å²) in [5, 5.41) is 4.57. The Labute approximate surface area is 163 Å². The van der Waals surface area contributed by atoms with Gasteiger partial charge in [0.25, 0.3) is 5.91 Å². The van der Waals surface area contributed by atoms with Gasteiger partial charge >= 0.3 is 0 Å². The van der Waals surface area contributed by atoms with Gasteiger partial charge in [0.2, 0.25) is 0 Å². The first-order valence-corrected chi connectivity index (χ1v) is 9.46. The summed E-state index contributed by atoms with van der Waals surface area (Å²) in [6.45, 7) is 1.48. The van der Waals surface area contributed by atoms with Crippen molar-refractivity contribution < 1.29 is 13.9 Å². The first-order valence-electron chi connectivity index (χ1n) is 9.46. The van der Waals surface area contributed by atoms with Crippen LogP contribution >= 0.6 is 0 Å². The highest BCUT2D eigenvalue weighted by molar-refractivity contribution is 5.94. The number of piperidine rings is 1. The summed E-state index contributed by atoms with van der Waals surface area (Å²) in [6.07, 6.45) is 3.15. The van der Waals surface area contributed by atoms with Crippen LogP contribution in [0.15, 0.2) is 54.6 Å². The van der Waals surface area contributed by atoms with Crippen molar-refractivity contribution in [3.63, 3.8) is 0 Å². The van der Waals surface area contributed by atoms with Crippen LogP contribution in [0.5, 0.6) is 5.75 Å². The fourth-order valence-corrected chi connectivity index (χ4v) is 3.51. The van der Waals surface area contributed by atoms with Crippen molar-refractivity contribution in [3.05, 3.63) is 66.1 Å². The number of ether oxygens (including phenoxy) is 1. The summed E-state index contributed by atoms with van der Waals surface area (Å²) in [7, 11) is 1.60. The molecule has 28 heavy (non-hydrogen) atoms. The predicted molar refractivity (Wildman–Crippen MR) is 105 cm³/mol. The summed E-state index contributed by atoms with van der Waals surface area (Å²) in [5.41, 5.74) is 1.98. The molecule has 1 fully saturated rings. The van der Waals surface area contributed by atoms with Gasteiger partial charge in [-0.2, -0.15) is 5.10 Å². The van der Waals surface area contributed by atoms with E-state index in [1.54, 1.807) is 36.1 Å². The van der Waals surface area contributed by atoms with Crippen LogP contribution in [0.1, 0.15) is 29.8 Å². The molecule has 0 spiro atoms. The number of hydrogen-bond donors (Lipinski definition) is 0. The maximum absolute atomic E-state index is 14.3. The van der Waals surface area contributed by atoms with Gasteiger partial charge in [-0.05, 0) is 61.7 Å². The Kier molecular flexibility index (Phi) is 5.10. The molecule has 5 nitrogen and oxygen atoms in total. The van der Waals surface area contributed by atoms with Crippen LogP contribution in [0, 0.1) is 5.82 Å². The first-order chi connectivity index (χ1) is 13.7. The minimum absolute atomic E-state index is 0.0781. The van der Waals surface area contributed by atoms with Crippen LogP contribution in [0.4, 0.5) is 4.39 Å². The lowest BCUT2D eigenvalue weighted by Crippen LogP contribution is -2.36. The Bertz CT molecular complexity index is 976. The fourth-order valence-electron chi connectivity index (χ4n) is 3.51. The van der Waals surface area contributed by atoms with Gasteiger partial charge in [-0.15, -0.1) is 0 Å². The van der Waals surface area contributed by atoms with Crippen LogP contribution in [0.2, 0.25) is 0 Å². The molecule has 0 atom stereocenters. The summed E-state index contributed by atoms with van der Waals surface area (Å²) >= 11 is 0. The van der Waals surface area contributed by atoms with Gasteiger partial charge < -0.3 is 9.64 Å². The topological polar surface area (TPSA) is 47.4 Å². The van der Waals surface area contributed by atoms with Crippen LogP contribution in [-0.2, 0) is 0 Å². The number of aromatic nitrogens is 2. The molecule has 4 rings (SSSR count). The first kappa shape index (κ1) is 18.2. The number of rotatable bonds is 4. The number of likely N-dealkylation sites (tertiary alicyclic amines) is 1. The average Bonchev–Trinajstić information content (AvgIpc) is 3.19. The standard InChI is InChI=1S/C22H22FN3O2/c1-28-17-11-9-16(10-12-17)26-21(22(27)25-13-5-2-6-14-25)15-20(24-26)18-7-3-4-8-19(18)23/h3-4,7-12,15H,2,5-6,13-14H2,1H3. The van der Waals surface area contributed by atoms with Gasteiger partial charge in [0.05, 0.1) is 18.5 Å². The van der Waals surface area contributed by atoms with Gasteiger partial charge in [-0.3, -0.25) is 4.79 Å². The molecule has 6 heteroatoms. The van der Waals surface area contributed by atoms with Crippen molar-refractivity contribution >= 4 is 5.91 Å². The average molecular weight is 379 g/mol. The monoisotopic (exact) mass is 379 g/mol. The lowest BCUT2D eigenvalue weighted by molar-refractivity contribution is 0.0715. The van der Waals surface area contributed by atoms with Crippen LogP contribution in [0.25, 0.3) is 16.9 Å².